The number of halogens is 2. The van der Waals surface area contributed by atoms with Gasteiger partial charge in [-0.3, -0.25) is 0 Å². The molecule has 0 unspecified atom stereocenters. The van der Waals surface area contributed by atoms with Crippen LogP contribution in [0.4, 0.5) is 4.39 Å². The lowest BCUT2D eigenvalue weighted by Crippen LogP contribution is -1.95. The molecule has 0 spiro atoms. The summed E-state index contributed by atoms with van der Waals surface area (Å²) in [5.41, 5.74) is 8.48. The van der Waals surface area contributed by atoms with Gasteiger partial charge < -0.3 is 5.73 Å². The largest absolute Gasteiger partial charge is 0.326 e. The highest BCUT2D eigenvalue weighted by Gasteiger charge is 1.99. The van der Waals surface area contributed by atoms with Crippen LogP contribution in [0.3, 0.4) is 0 Å². The minimum atomic E-state index is -0.217. The van der Waals surface area contributed by atoms with E-state index in [4.69, 9.17) is 5.73 Å². The highest BCUT2D eigenvalue weighted by atomic mass is 35.5. The summed E-state index contributed by atoms with van der Waals surface area (Å²) in [6, 6.07) is 14.4. The van der Waals surface area contributed by atoms with Gasteiger partial charge in [0.25, 0.3) is 0 Å². The van der Waals surface area contributed by atoms with Crippen molar-refractivity contribution < 1.29 is 4.39 Å². The van der Waals surface area contributed by atoms with Crippen molar-refractivity contribution in [3.63, 3.8) is 0 Å². The quantitative estimate of drug-likeness (QED) is 0.852. The van der Waals surface area contributed by atoms with Crippen LogP contribution in [-0.4, -0.2) is 0 Å². The fourth-order valence-corrected chi connectivity index (χ4v) is 1.55. The van der Waals surface area contributed by atoms with Crippen molar-refractivity contribution in [2.24, 2.45) is 5.73 Å². The first-order chi connectivity index (χ1) is 7.29. The fraction of sp³-hybridized carbons (Fsp3) is 0.0769. The van der Waals surface area contributed by atoms with Crippen LogP contribution < -0.4 is 5.73 Å². The van der Waals surface area contributed by atoms with Gasteiger partial charge in [-0.15, -0.1) is 12.4 Å². The summed E-state index contributed by atoms with van der Waals surface area (Å²) in [5.74, 6) is -0.217. The summed E-state index contributed by atoms with van der Waals surface area (Å²) in [7, 11) is 0. The molecule has 3 heteroatoms. The Balaban J connectivity index is 0.00000128. The maximum atomic E-state index is 13.0. The van der Waals surface area contributed by atoms with Crippen molar-refractivity contribution in [1.82, 2.24) is 0 Å². The molecule has 0 bridgehead atoms. The molecule has 16 heavy (non-hydrogen) atoms. The Morgan fingerprint density at radius 3 is 2.19 bits per heavy atom. The van der Waals surface area contributed by atoms with Crippen LogP contribution in [0.2, 0.25) is 0 Å². The van der Waals surface area contributed by atoms with Crippen LogP contribution >= 0.6 is 12.4 Å². The molecule has 0 fully saturated rings. The van der Waals surface area contributed by atoms with Crippen LogP contribution in [-0.2, 0) is 6.54 Å². The van der Waals surface area contributed by atoms with E-state index in [1.165, 1.54) is 12.1 Å². The summed E-state index contributed by atoms with van der Waals surface area (Å²) in [6.45, 7) is 0.503. The van der Waals surface area contributed by atoms with E-state index in [9.17, 15) is 4.39 Å². The van der Waals surface area contributed by atoms with Gasteiger partial charge in [0.15, 0.2) is 0 Å². The summed E-state index contributed by atoms with van der Waals surface area (Å²) >= 11 is 0. The van der Waals surface area contributed by atoms with Gasteiger partial charge in [0.05, 0.1) is 0 Å². The lowest BCUT2D eigenvalue weighted by molar-refractivity contribution is 0.628. The Bertz CT molecular complexity index is 471. The number of nitrogens with two attached hydrogens (primary N) is 1. The zero-order valence-corrected chi connectivity index (χ0v) is 9.51. The molecule has 0 atom stereocenters. The molecule has 0 aromatic heterocycles. The zero-order chi connectivity index (χ0) is 10.7. The molecular formula is C13H13ClFN. The van der Waals surface area contributed by atoms with Gasteiger partial charge in [-0.25, -0.2) is 4.39 Å². The molecule has 1 nitrogen and oxygen atoms in total. The average molecular weight is 238 g/mol. The number of hydrogen-bond donors (Lipinski definition) is 1. The van der Waals surface area contributed by atoms with E-state index in [0.29, 0.717) is 6.54 Å². The van der Waals surface area contributed by atoms with Gasteiger partial charge in [-0.05, 0) is 34.9 Å². The smallest absolute Gasteiger partial charge is 0.123 e. The van der Waals surface area contributed by atoms with E-state index in [-0.39, 0.29) is 18.2 Å². The first kappa shape index (κ1) is 12.7. The van der Waals surface area contributed by atoms with Crippen LogP contribution in [0, 0.1) is 5.82 Å². The van der Waals surface area contributed by atoms with Crippen LogP contribution in [0.5, 0.6) is 0 Å². The molecular weight excluding hydrogens is 225 g/mol. The Kier molecular flexibility index (Phi) is 4.47. The van der Waals surface area contributed by atoms with Crippen molar-refractivity contribution in [2.45, 2.75) is 6.54 Å². The molecule has 0 aliphatic rings. The molecule has 2 aromatic carbocycles. The third kappa shape index (κ3) is 2.81. The molecule has 0 saturated carbocycles. The molecule has 0 saturated heterocycles. The van der Waals surface area contributed by atoms with Crippen molar-refractivity contribution in [1.29, 1.82) is 0 Å². The average Bonchev–Trinajstić information content (AvgIpc) is 2.29. The highest BCUT2D eigenvalue weighted by Crippen LogP contribution is 2.20. The number of benzene rings is 2. The van der Waals surface area contributed by atoms with Gasteiger partial charge in [-0.2, -0.15) is 0 Å². The van der Waals surface area contributed by atoms with Crippen LogP contribution in [0.15, 0.2) is 48.5 Å². The summed E-state index contributed by atoms with van der Waals surface area (Å²) in [5, 5.41) is 0. The minimum Gasteiger partial charge on any atom is -0.326 e. The normalized spacial score (nSPS) is 9.62. The van der Waals surface area contributed by atoms with Crippen molar-refractivity contribution in [2.75, 3.05) is 0 Å². The van der Waals surface area contributed by atoms with Crippen molar-refractivity contribution in [3.05, 3.63) is 59.9 Å². The maximum Gasteiger partial charge on any atom is 0.123 e. The molecule has 0 aliphatic carbocycles. The second kappa shape index (κ2) is 5.64. The zero-order valence-electron chi connectivity index (χ0n) is 8.69. The molecule has 2 aromatic rings. The number of hydrogen-bond acceptors (Lipinski definition) is 1. The first-order valence-electron chi connectivity index (χ1n) is 4.84. The van der Waals surface area contributed by atoms with E-state index < -0.39 is 0 Å². The van der Waals surface area contributed by atoms with Crippen molar-refractivity contribution in [3.8, 4) is 11.1 Å². The van der Waals surface area contributed by atoms with E-state index in [2.05, 4.69) is 0 Å². The van der Waals surface area contributed by atoms with Crippen LogP contribution in [0.25, 0.3) is 11.1 Å². The van der Waals surface area contributed by atoms with Gasteiger partial charge in [0.2, 0.25) is 0 Å². The molecule has 84 valence electrons. The summed E-state index contributed by atoms with van der Waals surface area (Å²) in [4.78, 5) is 0. The molecule has 2 N–H and O–H groups in total. The second-order valence-corrected chi connectivity index (χ2v) is 3.41. The molecule has 0 aliphatic heterocycles. The first-order valence-corrected chi connectivity index (χ1v) is 4.84. The van der Waals surface area contributed by atoms with E-state index >= 15 is 0 Å². The molecule has 0 heterocycles. The third-order valence-corrected chi connectivity index (χ3v) is 2.32. The highest BCUT2D eigenvalue weighted by molar-refractivity contribution is 5.85. The lowest BCUT2D eigenvalue weighted by Gasteiger charge is -2.03. The predicted octanol–water partition coefficient (Wildman–Crippen LogP) is 3.37. The predicted molar refractivity (Wildman–Crippen MR) is 67.0 cm³/mol. The van der Waals surface area contributed by atoms with E-state index in [1.807, 2.05) is 30.3 Å². The molecule has 2 rings (SSSR count). The number of rotatable bonds is 2. The van der Waals surface area contributed by atoms with Gasteiger partial charge in [0.1, 0.15) is 5.82 Å². The minimum absolute atomic E-state index is 0. The maximum absolute atomic E-state index is 13.0. The van der Waals surface area contributed by atoms with Gasteiger partial charge in [0, 0.05) is 6.54 Å². The molecule has 0 amide bonds. The summed E-state index contributed by atoms with van der Waals surface area (Å²) in [6.07, 6.45) is 0. The Morgan fingerprint density at radius 2 is 1.56 bits per heavy atom. The standard InChI is InChI=1S/C13H12FN.ClH/c14-13-6-2-5-12(8-13)11-4-1-3-10(7-11)9-15;/h1-8H,9,15H2;1H. The Labute approximate surface area is 101 Å². The second-order valence-electron chi connectivity index (χ2n) is 3.41. The van der Waals surface area contributed by atoms with Crippen LogP contribution in [0.1, 0.15) is 5.56 Å². The Hall–Kier alpha value is -1.38. The Morgan fingerprint density at radius 1 is 0.938 bits per heavy atom. The van der Waals surface area contributed by atoms with Gasteiger partial charge in [-0.1, -0.05) is 30.3 Å². The van der Waals surface area contributed by atoms with Crippen molar-refractivity contribution >= 4 is 12.4 Å². The van der Waals surface area contributed by atoms with Gasteiger partial charge >= 0.3 is 0 Å². The van der Waals surface area contributed by atoms with E-state index in [1.54, 1.807) is 6.07 Å². The molecule has 0 radical (unpaired) electrons. The topological polar surface area (TPSA) is 26.0 Å². The summed E-state index contributed by atoms with van der Waals surface area (Å²) < 4.78 is 13.0. The fourth-order valence-electron chi connectivity index (χ4n) is 1.55. The monoisotopic (exact) mass is 237 g/mol. The third-order valence-electron chi connectivity index (χ3n) is 2.32. The lowest BCUT2D eigenvalue weighted by atomic mass is 10.0. The SMILES string of the molecule is Cl.NCc1cccc(-c2cccc(F)c2)c1. The van der Waals surface area contributed by atoms with E-state index in [0.717, 1.165) is 16.7 Å².